The number of hydrogen-bond acceptors (Lipinski definition) is 5. The lowest BCUT2D eigenvalue weighted by atomic mass is 9.79. The van der Waals surface area contributed by atoms with Crippen LogP contribution in [0.4, 0.5) is 0 Å². The molecule has 0 radical (unpaired) electrons. The lowest BCUT2D eigenvalue weighted by Gasteiger charge is -2.26. The summed E-state index contributed by atoms with van der Waals surface area (Å²) in [6.07, 6.45) is -0.265. The van der Waals surface area contributed by atoms with Crippen molar-refractivity contribution in [2.45, 2.75) is 39.0 Å². The van der Waals surface area contributed by atoms with Crippen LogP contribution in [0.25, 0.3) is 11.0 Å². The molecule has 1 unspecified atom stereocenters. The van der Waals surface area contributed by atoms with Gasteiger partial charge in [-0.2, -0.15) is 0 Å². The maximum Gasteiger partial charge on any atom is 0.563 e. The molecule has 0 aliphatic carbocycles. The van der Waals surface area contributed by atoms with Crippen LogP contribution in [0.1, 0.15) is 32.7 Å². The first-order chi connectivity index (χ1) is 14.0. The van der Waals surface area contributed by atoms with Crippen LogP contribution in [0.5, 0.6) is 11.5 Å². The molecule has 0 N–H and O–H groups in total. The van der Waals surface area contributed by atoms with Crippen molar-refractivity contribution in [2.75, 3.05) is 6.61 Å². The average molecular weight is 390 g/mol. The summed E-state index contributed by atoms with van der Waals surface area (Å²) in [7, 11) is -0.466. The summed E-state index contributed by atoms with van der Waals surface area (Å²) in [4.78, 5) is 4.85. The molecule has 148 valence electrons. The number of nitrogens with zero attached hydrogens (tertiary/aromatic N) is 2. The van der Waals surface area contributed by atoms with E-state index in [1.807, 2.05) is 50.2 Å². The quantitative estimate of drug-likeness (QED) is 0.640. The summed E-state index contributed by atoms with van der Waals surface area (Å²) in [5.41, 5.74) is 2.36. The van der Waals surface area contributed by atoms with Crippen molar-refractivity contribution in [3.63, 3.8) is 0 Å². The van der Waals surface area contributed by atoms with Gasteiger partial charge in [-0.25, -0.2) is 4.98 Å². The van der Waals surface area contributed by atoms with E-state index in [0.717, 1.165) is 40.4 Å². The van der Waals surface area contributed by atoms with Gasteiger partial charge in [0.1, 0.15) is 12.2 Å². The molecule has 7 heteroatoms. The number of imidazole rings is 1. The highest BCUT2D eigenvalue weighted by Crippen LogP contribution is 2.36. The largest absolute Gasteiger partial charge is 0.563 e. The molecule has 1 aromatic heterocycles. The topological polar surface area (TPSA) is 54.7 Å². The van der Waals surface area contributed by atoms with Crippen LogP contribution in [0.15, 0.2) is 54.8 Å². The smallest absolute Gasteiger partial charge is 0.534 e. The lowest BCUT2D eigenvalue weighted by Crippen LogP contribution is -2.34. The number of para-hydroxylation sites is 2. The standard InChI is InChI=1S/C22H23BN2O4/c1-5-25-17-12-15(23-28-14(2)22(3,4)29-23)10-11-16(17)24-21(25)20-13-26-18-8-6-7-9-19(18)27-20/h6-12,20H,2,5,13H2,1,3-4H3. The molecule has 29 heavy (non-hydrogen) atoms. The molecule has 0 saturated carbocycles. The number of benzene rings is 2. The van der Waals surface area contributed by atoms with Gasteiger partial charge in [-0.15, -0.1) is 0 Å². The maximum atomic E-state index is 6.19. The zero-order chi connectivity index (χ0) is 20.2. The summed E-state index contributed by atoms with van der Waals surface area (Å²) >= 11 is 0. The zero-order valence-electron chi connectivity index (χ0n) is 16.8. The van der Waals surface area contributed by atoms with E-state index >= 15 is 0 Å². The van der Waals surface area contributed by atoms with E-state index in [9.17, 15) is 0 Å². The predicted octanol–water partition coefficient (Wildman–Crippen LogP) is 3.60. The Labute approximate surface area is 170 Å². The second-order valence-electron chi connectivity index (χ2n) is 7.83. The Morgan fingerprint density at radius 1 is 1.21 bits per heavy atom. The maximum absolute atomic E-state index is 6.19. The molecule has 0 amide bonds. The molecule has 0 spiro atoms. The fraction of sp³-hybridized carbons (Fsp3) is 0.318. The summed E-state index contributed by atoms with van der Waals surface area (Å²) in [5, 5.41) is 0. The van der Waals surface area contributed by atoms with Crippen molar-refractivity contribution in [2.24, 2.45) is 0 Å². The molecule has 6 nitrogen and oxygen atoms in total. The molecule has 0 bridgehead atoms. The molecule has 2 aromatic carbocycles. The van der Waals surface area contributed by atoms with E-state index in [1.54, 1.807) is 0 Å². The van der Waals surface area contributed by atoms with Gasteiger partial charge in [-0.05, 0) is 50.5 Å². The predicted molar refractivity (Wildman–Crippen MR) is 111 cm³/mol. The Morgan fingerprint density at radius 3 is 2.72 bits per heavy atom. The van der Waals surface area contributed by atoms with Crippen LogP contribution >= 0.6 is 0 Å². The van der Waals surface area contributed by atoms with Crippen LogP contribution in [0.2, 0.25) is 0 Å². The first-order valence-electron chi connectivity index (χ1n) is 9.88. The van der Waals surface area contributed by atoms with Crippen LogP contribution in [0, 0.1) is 0 Å². The number of aromatic nitrogens is 2. The Bertz CT molecular complexity index is 1110. The van der Waals surface area contributed by atoms with Crippen LogP contribution < -0.4 is 14.9 Å². The third-order valence-electron chi connectivity index (χ3n) is 5.51. The second kappa shape index (κ2) is 6.56. The van der Waals surface area contributed by atoms with E-state index in [4.69, 9.17) is 23.8 Å². The molecule has 3 heterocycles. The normalized spacial score (nSPS) is 20.2. The summed E-state index contributed by atoms with van der Waals surface area (Å²) in [5.74, 6) is 3.00. The third-order valence-corrected chi connectivity index (χ3v) is 5.51. The molecule has 2 aliphatic heterocycles. The monoisotopic (exact) mass is 390 g/mol. The molecule has 1 fully saturated rings. The minimum absolute atomic E-state index is 0.265. The summed E-state index contributed by atoms with van der Waals surface area (Å²) < 4.78 is 26.1. The molecular formula is C22H23BN2O4. The third kappa shape index (κ3) is 2.97. The van der Waals surface area contributed by atoms with Crippen molar-refractivity contribution in [1.29, 1.82) is 0 Å². The van der Waals surface area contributed by atoms with Gasteiger partial charge in [0.25, 0.3) is 0 Å². The van der Waals surface area contributed by atoms with Crippen molar-refractivity contribution < 1.29 is 18.8 Å². The summed E-state index contributed by atoms with van der Waals surface area (Å²) in [6.45, 7) is 11.2. The number of ether oxygens (including phenoxy) is 2. The van der Waals surface area contributed by atoms with Crippen molar-refractivity contribution in [3.8, 4) is 11.5 Å². The highest BCUT2D eigenvalue weighted by molar-refractivity contribution is 6.62. The fourth-order valence-electron chi connectivity index (χ4n) is 3.79. The molecular weight excluding hydrogens is 367 g/mol. The van der Waals surface area contributed by atoms with E-state index in [1.165, 1.54) is 0 Å². The van der Waals surface area contributed by atoms with Gasteiger partial charge in [0.2, 0.25) is 0 Å². The van der Waals surface area contributed by atoms with Gasteiger partial charge in [-0.1, -0.05) is 24.8 Å². The van der Waals surface area contributed by atoms with E-state index in [2.05, 4.69) is 24.1 Å². The molecule has 2 aliphatic rings. The summed E-state index contributed by atoms with van der Waals surface area (Å²) in [6, 6.07) is 13.8. The van der Waals surface area contributed by atoms with Gasteiger partial charge < -0.3 is 23.3 Å². The highest BCUT2D eigenvalue weighted by Gasteiger charge is 2.43. The number of rotatable bonds is 3. The molecule has 5 rings (SSSR count). The number of hydrogen-bond donors (Lipinski definition) is 0. The second-order valence-corrected chi connectivity index (χ2v) is 7.83. The van der Waals surface area contributed by atoms with Gasteiger partial charge in [0, 0.05) is 6.54 Å². The van der Waals surface area contributed by atoms with Gasteiger partial charge in [0.05, 0.1) is 16.8 Å². The minimum atomic E-state index is -0.504. The van der Waals surface area contributed by atoms with Gasteiger partial charge in [0.15, 0.2) is 23.4 Å². The highest BCUT2D eigenvalue weighted by atomic mass is 16.7. The van der Waals surface area contributed by atoms with Gasteiger partial charge >= 0.3 is 7.12 Å². The van der Waals surface area contributed by atoms with Crippen LogP contribution in [0.3, 0.4) is 0 Å². The minimum Gasteiger partial charge on any atom is -0.534 e. The van der Waals surface area contributed by atoms with E-state index in [0.29, 0.717) is 12.4 Å². The Balaban J connectivity index is 1.51. The zero-order valence-corrected chi connectivity index (χ0v) is 16.8. The van der Waals surface area contributed by atoms with Crippen LogP contribution in [-0.4, -0.2) is 28.9 Å². The first kappa shape index (κ1) is 18.1. The lowest BCUT2D eigenvalue weighted by molar-refractivity contribution is 0.0829. The fourth-order valence-corrected chi connectivity index (χ4v) is 3.79. The van der Waals surface area contributed by atoms with E-state index < -0.39 is 12.7 Å². The molecule has 3 aromatic rings. The number of aryl methyl sites for hydroxylation is 1. The Morgan fingerprint density at radius 2 is 2.00 bits per heavy atom. The van der Waals surface area contributed by atoms with Gasteiger partial charge in [-0.3, -0.25) is 0 Å². The first-order valence-corrected chi connectivity index (χ1v) is 9.88. The molecule has 1 saturated heterocycles. The Kier molecular flexibility index (Phi) is 4.10. The number of fused-ring (bicyclic) bond motifs is 2. The van der Waals surface area contributed by atoms with Crippen LogP contribution in [-0.2, 0) is 15.9 Å². The van der Waals surface area contributed by atoms with Crippen molar-refractivity contribution in [1.82, 2.24) is 9.55 Å². The SMILES string of the molecule is C=C1OB(c2ccc3nc(C4COc5ccccc5O4)n(CC)c3c2)OC1(C)C. The van der Waals surface area contributed by atoms with Crippen molar-refractivity contribution in [3.05, 3.63) is 60.6 Å². The molecule has 1 atom stereocenters. The Hall–Kier alpha value is -2.93. The van der Waals surface area contributed by atoms with E-state index in [-0.39, 0.29) is 6.10 Å². The van der Waals surface area contributed by atoms with Crippen molar-refractivity contribution >= 4 is 23.6 Å². The average Bonchev–Trinajstić information content (AvgIpc) is 3.23.